The zero-order chi connectivity index (χ0) is 23.6. The van der Waals surface area contributed by atoms with Crippen molar-refractivity contribution in [2.24, 2.45) is 5.16 Å². The molecule has 9 nitrogen and oxygen atoms in total. The molecule has 0 aliphatic carbocycles. The van der Waals surface area contributed by atoms with Crippen LogP contribution in [0, 0.1) is 6.92 Å². The zero-order valence-electron chi connectivity index (χ0n) is 19.5. The van der Waals surface area contributed by atoms with E-state index in [1.807, 2.05) is 31.2 Å². The van der Waals surface area contributed by atoms with E-state index >= 15 is 0 Å². The van der Waals surface area contributed by atoms with Gasteiger partial charge in [-0.05, 0) is 49.6 Å². The third kappa shape index (κ3) is 6.81. The minimum atomic E-state index is -0.896. The second kappa shape index (κ2) is 12.0. The van der Waals surface area contributed by atoms with Crippen molar-refractivity contribution in [3.8, 4) is 17.5 Å². The van der Waals surface area contributed by atoms with Crippen molar-refractivity contribution < 1.29 is 24.2 Å². The predicted octanol–water partition coefficient (Wildman–Crippen LogP) is 4.68. The molecule has 2 heterocycles. The van der Waals surface area contributed by atoms with Crippen molar-refractivity contribution in [1.29, 1.82) is 0 Å². The van der Waals surface area contributed by atoms with Gasteiger partial charge in [0.15, 0.2) is 0 Å². The van der Waals surface area contributed by atoms with Crippen molar-refractivity contribution in [3.63, 3.8) is 0 Å². The normalized spacial score (nSPS) is 14.8. The number of oxime groups is 1. The number of carbonyl (C=O) groups is 1. The maximum atomic E-state index is 11.1. The highest BCUT2D eigenvalue weighted by Gasteiger charge is 2.25. The van der Waals surface area contributed by atoms with Gasteiger partial charge in [0.1, 0.15) is 18.2 Å². The Hall–Kier alpha value is -3.36. The van der Waals surface area contributed by atoms with Crippen molar-refractivity contribution in [2.45, 2.75) is 58.5 Å². The molecule has 1 aliphatic rings. The number of hydrogen-bond donors (Lipinski definition) is 1. The first-order valence-electron chi connectivity index (χ1n) is 11.4. The van der Waals surface area contributed by atoms with Gasteiger partial charge in [0.2, 0.25) is 5.88 Å². The second-order valence-electron chi connectivity index (χ2n) is 8.01. The Morgan fingerprint density at radius 3 is 2.48 bits per heavy atom. The molecule has 178 valence electrons. The van der Waals surface area contributed by atoms with Crippen molar-refractivity contribution in [1.82, 2.24) is 14.9 Å². The van der Waals surface area contributed by atoms with Gasteiger partial charge in [0.05, 0.1) is 18.4 Å². The summed E-state index contributed by atoms with van der Waals surface area (Å²) >= 11 is 0. The molecule has 0 radical (unpaired) electrons. The number of ether oxygens (including phenoxy) is 2. The van der Waals surface area contributed by atoms with Crippen LogP contribution in [0.3, 0.4) is 0 Å². The Balaban J connectivity index is 1.71. The van der Waals surface area contributed by atoms with Crippen LogP contribution in [0.25, 0.3) is 0 Å². The van der Waals surface area contributed by atoms with Crippen LogP contribution in [-0.4, -0.2) is 58.1 Å². The number of likely N-dealkylation sites (tertiary alicyclic amines) is 1. The Kier molecular flexibility index (Phi) is 8.86. The fourth-order valence-electron chi connectivity index (χ4n) is 3.62. The van der Waals surface area contributed by atoms with Crippen LogP contribution < -0.4 is 14.3 Å². The van der Waals surface area contributed by atoms with Crippen LogP contribution in [0.1, 0.15) is 56.6 Å². The van der Waals surface area contributed by atoms with E-state index < -0.39 is 6.09 Å². The minimum Gasteiger partial charge on any atom is -0.497 e. The van der Waals surface area contributed by atoms with Gasteiger partial charge in [-0.3, -0.25) is 0 Å². The summed E-state index contributed by atoms with van der Waals surface area (Å²) in [5.41, 5.74) is 2.47. The van der Waals surface area contributed by atoms with E-state index in [0.29, 0.717) is 43.3 Å². The summed E-state index contributed by atoms with van der Waals surface area (Å²) < 4.78 is 11.3. The molecule has 1 N–H and O–H groups in total. The van der Waals surface area contributed by atoms with E-state index in [1.165, 1.54) is 11.2 Å². The molecule has 1 aromatic carbocycles. The number of methoxy groups -OCH3 is 1. The largest absolute Gasteiger partial charge is 0.497 e. The molecule has 1 saturated heterocycles. The average Bonchev–Trinajstić information content (AvgIpc) is 2.84. The number of amides is 1. The second-order valence-corrected chi connectivity index (χ2v) is 8.01. The molecule has 1 amide bonds. The number of hydrogen-bond acceptors (Lipinski definition) is 7. The SMILES string of the molecule is CCCCCC(=NOc1ncnc(OC2CCN(C(=O)O)CC2)c1C)c1ccc(OC)cc1. The number of rotatable bonds is 10. The average molecular weight is 457 g/mol. The third-order valence-electron chi connectivity index (χ3n) is 5.67. The topological polar surface area (TPSA) is 106 Å². The first-order chi connectivity index (χ1) is 16.0. The minimum absolute atomic E-state index is 0.102. The molecule has 0 spiro atoms. The van der Waals surface area contributed by atoms with E-state index in [1.54, 1.807) is 7.11 Å². The van der Waals surface area contributed by atoms with Crippen LogP contribution in [-0.2, 0) is 0 Å². The third-order valence-corrected chi connectivity index (χ3v) is 5.67. The molecular weight excluding hydrogens is 424 g/mol. The Bertz CT molecular complexity index is 940. The Morgan fingerprint density at radius 2 is 1.85 bits per heavy atom. The van der Waals surface area contributed by atoms with Crippen molar-refractivity contribution in [2.75, 3.05) is 20.2 Å². The zero-order valence-corrected chi connectivity index (χ0v) is 19.5. The van der Waals surface area contributed by atoms with Gasteiger partial charge in [0, 0.05) is 25.9 Å². The lowest BCUT2D eigenvalue weighted by molar-refractivity contribution is 0.0863. The highest BCUT2D eigenvalue weighted by molar-refractivity contribution is 6.00. The van der Waals surface area contributed by atoms with E-state index in [4.69, 9.17) is 19.4 Å². The predicted molar refractivity (Wildman–Crippen MR) is 124 cm³/mol. The fourth-order valence-corrected chi connectivity index (χ4v) is 3.62. The number of aromatic nitrogens is 2. The monoisotopic (exact) mass is 456 g/mol. The lowest BCUT2D eigenvalue weighted by Crippen LogP contribution is -2.41. The summed E-state index contributed by atoms with van der Waals surface area (Å²) in [4.78, 5) is 26.7. The van der Waals surface area contributed by atoms with E-state index in [9.17, 15) is 4.79 Å². The van der Waals surface area contributed by atoms with Crippen molar-refractivity contribution in [3.05, 3.63) is 41.7 Å². The standard InChI is InChI=1S/C24H32N4O5/c1-4-5-6-7-21(18-8-10-19(31-3)11-9-18)27-33-23-17(2)22(25-16-26-23)32-20-12-14-28(15-13-20)24(29)30/h8-11,16,20H,4-7,12-15H2,1-3H3,(H,29,30). The maximum absolute atomic E-state index is 11.1. The van der Waals surface area contributed by atoms with Gasteiger partial charge in [-0.2, -0.15) is 4.98 Å². The molecule has 0 saturated carbocycles. The molecule has 33 heavy (non-hydrogen) atoms. The molecule has 1 fully saturated rings. The summed E-state index contributed by atoms with van der Waals surface area (Å²) in [5.74, 6) is 1.56. The van der Waals surface area contributed by atoms with Crippen LogP contribution in [0.15, 0.2) is 35.7 Å². The molecule has 3 rings (SSSR count). The van der Waals surface area contributed by atoms with Gasteiger partial charge >= 0.3 is 6.09 Å². The molecule has 0 atom stereocenters. The lowest BCUT2D eigenvalue weighted by Gasteiger charge is -2.30. The van der Waals surface area contributed by atoms with E-state index in [0.717, 1.165) is 42.7 Å². The summed E-state index contributed by atoms with van der Waals surface area (Å²) in [6.45, 7) is 4.89. The summed E-state index contributed by atoms with van der Waals surface area (Å²) in [6, 6.07) is 7.75. The highest BCUT2D eigenvalue weighted by atomic mass is 16.6. The number of unbranched alkanes of at least 4 members (excludes halogenated alkanes) is 2. The van der Waals surface area contributed by atoms with Crippen LogP contribution in [0.5, 0.6) is 17.5 Å². The molecule has 9 heteroatoms. The molecular formula is C24H32N4O5. The fraction of sp³-hybridized carbons (Fsp3) is 0.500. The maximum Gasteiger partial charge on any atom is 0.407 e. The quantitative estimate of drug-likeness (QED) is 0.314. The number of nitrogens with zero attached hydrogens (tertiary/aromatic N) is 4. The summed E-state index contributed by atoms with van der Waals surface area (Å²) in [5, 5.41) is 13.5. The lowest BCUT2D eigenvalue weighted by atomic mass is 10.0. The molecule has 1 aliphatic heterocycles. The molecule has 0 bridgehead atoms. The number of carboxylic acid groups (broad SMARTS) is 1. The number of piperidine rings is 1. The molecule has 0 unspecified atom stereocenters. The van der Waals surface area contributed by atoms with E-state index in [-0.39, 0.29) is 6.10 Å². The molecule has 1 aromatic heterocycles. The summed E-state index contributed by atoms with van der Waals surface area (Å²) in [6.07, 6.45) is 5.65. The van der Waals surface area contributed by atoms with Gasteiger partial charge in [-0.25, -0.2) is 9.78 Å². The first kappa shape index (κ1) is 24.3. The van der Waals surface area contributed by atoms with Crippen LogP contribution >= 0.6 is 0 Å². The molecule has 2 aromatic rings. The van der Waals surface area contributed by atoms with E-state index in [2.05, 4.69) is 22.0 Å². The van der Waals surface area contributed by atoms with Gasteiger partial charge in [-0.1, -0.05) is 24.9 Å². The Morgan fingerprint density at radius 1 is 1.15 bits per heavy atom. The smallest absolute Gasteiger partial charge is 0.407 e. The van der Waals surface area contributed by atoms with Gasteiger partial charge < -0.3 is 24.3 Å². The highest BCUT2D eigenvalue weighted by Crippen LogP contribution is 2.26. The van der Waals surface area contributed by atoms with Crippen LogP contribution in [0.2, 0.25) is 0 Å². The first-order valence-corrected chi connectivity index (χ1v) is 11.4. The van der Waals surface area contributed by atoms with Gasteiger partial charge in [0.25, 0.3) is 5.88 Å². The number of benzene rings is 1. The van der Waals surface area contributed by atoms with Crippen molar-refractivity contribution >= 4 is 11.8 Å². The van der Waals surface area contributed by atoms with Gasteiger partial charge in [-0.15, -0.1) is 0 Å². The summed E-state index contributed by atoms with van der Waals surface area (Å²) in [7, 11) is 1.64. The van der Waals surface area contributed by atoms with Crippen LogP contribution in [0.4, 0.5) is 4.79 Å². The Labute approximate surface area is 194 Å².